The van der Waals surface area contributed by atoms with Crippen molar-refractivity contribution in [2.75, 3.05) is 39.2 Å². The molecule has 6 nitrogen and oxygen atoms in total. The quantitative estimate of drug-likeness (QED) is 0.761. The van der Waals surface area contributed by atoms with E-state index in [2.05, 4.69) is 17.4 Å². The molecule has 3 rings (SSSR count). The monoisotopic (exact) mass is 418 g/mol. The number of hydrogen-bond donors (Lipinski definition) is 1. The molecule has 0 radical (unpaired) electrons. The average Bonchev–Trinajstić information content (AvgIpc) is 2.86. The molecule has 0 atom stereocenters. The topological polar surface area (TPSA) is 60.0 Å². The number of aryl methyl sites for hydroxylation is 2. The summed E-state index contributed by atoms with van der Waals surface area (Å²) in [4.78, 5) is 14.5. The Morgan fingerprint density at radius 2 is 1.76 bits per heavy atom. The number of carbonyl (C=O) groups is 1. The van der Waals surface area contributed by atoms with Crippen LogP contribution in [0.15, 0.2) is 24.3 Å². The third-order valence-corrected chi connectivity index (χ3v) is 5.01. The van der Waals surface area contributed by atoms with Crippen LogP contribution in [0, 0.1) is 13.8 Å². The number of hydrogen-bond acceptors (Lipinski definition) is 5. The van der Waals surface area contributed by atoms with Gasteiger partial charge in [-0.1, -0.05) is 23.7 Å². The van der Waals surface area contributed by atoms with Gasteiger partial charge in [0.05, 0.1) is 37.6 Å². The second-order valence-electron chi connectivity index (χ2n) is 7.31. The zero-order valence-electron chi connectivity index (χ0n) is 17.3. The number of nitrogens with zero attached hydrogens (tertiary/aromatic N) is 1. The fraction of sp³-hybridized carbons (Fsp3) is 0.409. The fourth-order valence-electron chi connectivity index (χ4n) is 3.54. The Morgan fingerprint density at radius 1 is 1.14 bits per heavy atom. The number of nitrogens with one attached hydrogen (secondary N) is 1. The van der Waals surface area contributed by atoms with Crippen molar-refractivity contribution < 1.29 is 19.0 Å². The second-order valence-corrected chi connectivity index (χ2v) is 7.72. The summed E-state index contributed by atoms with van der Waals surface area (Å²) in [5.74, 6) is 1.96. The first-order valence-corrected chi connectivity index (χ1v) is 9.97. The van der Waals surface area contributed by atoms with E-state index in [0.717, 1.165) is 28.9 Å². The summed E-state index contributed by atoms with van der Waals surface area (Å²) in [5.41, 5.74) is 3.81. The van der Waals surface area contributed by atoms with Crippen molar-refractivity contribution in [1.82, 2.24) is 4.90 Å². The van der Waals surface area contributed by atoms with E-state index in [4.69, 9.17) is 25.8 Å². The zero-order valence-corrected chi connectivity index (χ0v) is 18.1. The predicted molar refractivity (Wildman–Crippen MR) is 114 cm³/mol. The van der Waals surface area contributed by atoms with E-state index in [1.165, 1.54) is 0 Å². The van der Waals surface area contributed by atoms with Gasteiger partial charge in [-0.15, -0.1) is 0 Å². The molecule has 1 heterocycles. The maximum Gasteiger partial charge on any atom is 0.238 e. The number of fused-ring (bicyclic) bond motifs is 1. The predicted octanol–water partition coefficient (Wildman–Crippen LogP) is 4.20. The highest BCUT2D eigenvalue weighted by Crippen LogP contribution is 2.37. The fourth-order valence-corrected chi connectivity index (χ4v) is 3.74. The van der Waals surface area contributed by atoms with Crippen molar-refractivity contribution in [2.45, 2.75) is 26.8 Å². The summed E-state index contributed by atoms with van der Waals surface area (Å²) in [7, 11) is 3.58. The number of rotatable bonds is 6. The molecular weight excluding hydrogens is 392 g/mol. The Hall–Kier alpha value is -2.44. The smallest absolute Gasteiger partial charge is 0.238 e. The summed E-state index contributed by atoms with van der Waals surface area (Å²) in [6.07, 6.45) is 0.809. The molecule has 2 aromatic rings. The molecule has 1 N–H and O–H groups in total. The van der Waals surface area contributed by atoms with E-state index in [0.29, 0.717) is 42.0 Å². The molecule has 0 spiro atoms. The van der Waals surface area contributed by atoms with Crippen LogP contribution in [0.2, 0.25) is 5.02 Å². The Bertz CT molecular complexity index is 878. The van der Waals surface area contributed by atoms with Crippen molar-refractivity contribution in [3.63, 3.8) is 0 Å². The molecule has 0 saturated carbocycles. The van der Waals surface area contributed by atoms with Gasteiger partial charge in [0.1, 0.15) is 5.75 Å². The van der Waals surface area contributed by atoms with E-state index in [9.17, 15) is 4.79 Å². The van der Waals surface area contributed by atoms with Crippen LogP contribution in [-0.2, 0) is 11.3 Å². The minimum absolute atomic E-state index is 0.147. The summed E-state index contributed by atoms with van der Waals surface area (Å²) >= 11 is 6.31. The molecule has 0 aliphatic carbocycles. The lowest BCUT2D eigenvalue weighted by molar-refractivity contribution is -0.117. The summed E-state index contributed by atoms with van der Waals surface area (Å²) in [6.45, 7) is 6.08. The largest absolute Gasteiger partial charge is 0.496 e. The van der Waals surface area contributed by atoms with Crippen LogP contribution in [0.5, 0.6) is 17.2 Å². The summed E-state index contributed by atoms with van der Waals surface area (Å²) in [6, 6.07) is 7.57. The molecule has 1 aliphatic rings. The average molecular weight is 419 g/mol. The normalized spacial score (nSPS) is 13.2. The molecule has 1 amide bonds. The van der Waals surface area contributed by atoms with Gasteiger partial charge in [-0.05, 0) is 37.6 Å². The third-order valence-electron chi connectivity index (χ3n) is 4.70. The number of anilines is 1. The van der Waals surface area contributed by atoms with E-state index >= 15 is 0 Å². The minimum Gasteiger partial charge on any atom is -0.496 e. The Labute approximate surface area is 176 Å². The Kier molecular flexibility index (Phi) is 6.87. The summed E-state index contributed by atoms with van der Waals surface area (Å²) < 4.78 is 16.7. The lowest BCUT2D eigenvalue weighted by atomic mass is 10.1. The van der Waals surface area contributed by atoms with Gasteiger partial charge < -0.3 is 19.5 Å². The van der Waals surface area contributed by atoms with Gasteiger partial charge in [0.25, 0.3) is 0 Å². The van der Waals surface area contributed by atoms with Crippen LogP contribution >= 0.6 is 11.6 Å². The Balaban J connectivity index is 1.63. The molecule has 0 fully saturated rings. The number of halogens is 1. The van der Waals surface area contributed by atoms with Crippen molar-refractivity contribution >= 4 is 23.2 Å². The number of amides is 1. The van der Waals surface area contributed by atoms with Crippen LogP contribution in [-0.4, -0.2) is 44.7 Å². The molecule has 7 heteroatoms. The highest BCUT2D eigenvalue weighted by atomic mass is 35.5. The van der Waals surface area contributed by atoms with Crippen molar-refractivity contribution in [2.24, 2.45) is 0 Å². The number of benzene rings is 2. The molecule has 0 bridgehead atoms. The number of methoxy groups -OCH3 is 1. The van der Waals surface area contributed by atoms with Gasteiger partial charge in [-0.2, -0.15) is 0 Å². The summed E-state index contributed by atoms with van der Waals surface area (Å²) in [5, 5.41) is 3.29. The molecule has 0 aromatic heterocycles. The number of ether oxygens (including phenoxy) is 3. The highest BCUT2D eigenvalue weighted by Gasteiger charge is 2.16. The van der Waals surface area contributed by atoms with Gasteiger partial charge in [0, 0.05) is 25.1 Å². The number of likely N-dealkylation sites (N-methyl/N-ethyl adjacent to an activating group) is 1. The molecule has 29 heavy (non-hydrogen) atoms. The SMILES string of the molecule is COc1c(C)cc(CN(C)CC(=O)Nc2cc3c(cc2Cl)OCCCO3)cc1C. The molecule has 0 unspecified atom stereocenters. The van der Waals surface area contributed by atoms with Gasteiger partial charge in [-0.25, -0.2) is 0 Å². The van der Waals surface area contributed by atoms with E-state index in [-0.39, 0.29) is 12.5 Å². The van der Waals surface area contributed by atoms with Crippen LogP contribution in [0.3, 0.4) is 0 Å². The van der Waals surface area contributed by atoms with Gasteiger partial charge in [0.15, 0.2) is 11.5 Å². The van der Waals surface area contributed by atoms with E-state index < -0.39 is 0 Å². The van der Waals surface area contributed by atoms with E-state index in [1.54, 1.807) is 19.2 Å². The maximum atomic E-state index is 12.5. The van der Waals surface area contributed by atoms with Crippen LogP contribution in [0.25, 0.3) is 0 Å². The van der Waals surface area contributed by atoms with Crippen LogP contribution < -0.4 is 19.5 Å². The third kappa shape index (κ3) is 5.34. The standard InChI is InChI=1S/C22H27ClN2O4/c1-14-8-16(9-15(2)22(14)27-4)12-25(3)13-21(26)24-18-11-20-19(10-17(18)23)28-6-5-7-29-20/h8-11H,5-7,12-13H2,1-4H3,(H,24,26). The van der Waals surface area contributed by atoms with Crippen molar-refractivity contribution in [3.05, 3.63) is 46.0 Å². The first-order chi connectivity index (χ1) is 13.9. The lowest BCUT2D eigenvalue weighted by Gasteiger charge is -2.19. The maximum absolute atomic E-state index is 12.5. The molecular formula is C22H27ClN2O4. The van der Waals surface area contributed by atoms with Gasteiger partial charge in [-0.3, -0.25) is 9.69 Å². The van der Waals surface area contributed by atoms with Crippen LogP contribution in [0.1, 0.15) is 23.1 Å². The highest BCUT2D eigenvalue weighted by molar-refractivity contribution is 6.34. The van der Waals surface area contributed by atoms with Crippen molar-refractivity contribution in [1.29, 1.82) is 0 Å². The first-order valence-electron chi connectivity index (χ1n) is 9.59. The minimum atomic E-state index is -0.147. The molecule has 0 saturated heterocycles. The van der Waals surface area contributed by atoms with Crippen LogP contribution in [0.4, 0.5) is 5.69 Å². The van der Waals surface area contributed by atoms with Gasteiger partial charge >= 0.3 is 0 Å². The first kappa shape index (κ1) is 21.3. The zero-order chi connectivity index (χ0) is 21.0. The van der Waals surface area contributed by atoms with E-state index in [1.807, 2.05) is 25.8 Å². The Morgan fingerprint density at radius 3 is 2.38 bits per heavy atom. The molecule has 2 aromatic carbocycles. The molecule has 156 valence electrons. The van der Waals surface area contributed by atoms with Crippen molar-refractivity contribution in [3.8, 4) is 17.2 Å². The second kappa shape index (κ2) is 9.37. The lowest BCUT2D eigenvalue weighted by Crippen LogP contribution is -2.30. The number of carbonyl (C=O) groups excluding carboxylic acids is 1. The van der Waals surface area contributed by atoms with Gasteiger partial charge in [0.2, 0.25) is 5.91 Å². The molecule has 1 aliphatic heterocycles.